The molecule has 6 rings (SSSR count). The standard InChI is InChI=1S/C32H25N3O6S/c36-31(30-18-22-5-1-4-8-29(22)41-30)34-24-13-9-20(10-14-24)21-11-15-25(16-12-21)42(39,40)35-28(32(37)38)17-23-19-33-27-7-3-2-6-26(23)27/h1-16,18-19,28,33,35H,17H2,(H,34,36)(H,37,38)/t28-/m0/s1. The Bertz CT molecular complexity index is 1990. The Labute approximate surface area is 240 Å². The maximum Gasteiger partial charge on any atom is 0.322 e. The smallest absolute Gasteiger partial charge is 0.322 e. The number of aromatic nitrogens is 1. The summed E-state index contributed by atoms with van der Waals surface area (Å²) in [6.45, 7) is 0. The van der Waals surface area contributed by atoms with E-state index in [1.807, 2.05) is 42.5 Å². The van der Waals surface area contributed by atoms with E-state index in [-0.39, 0.29) is 23.0 Å². The molecule has 1 atom stereocenters. The number of carboxylic acid groups (broad SMARTS) is 1. The molecule has 0 saturated carbocycles. The average Bonchev–Trinajstić information content (AvgIpc) is 3.62. The van der Waals surface area contributed by atoms with Gasteiger partial charge in [0, 0.05) is 34.6 Å². The highest BCUT2D eigenvalue weighted by Crippen LogP contribution is 2.25. The number of furan rings is 1. The van der Waals surface area contributed by atoms with Crippen LogP contribution < -0.4 is 10.0 Å². The van der Waals surface area contributed by atoms with E-state index in [2.05, 4.69) is 15.0 Å². The van der Waals surface area contributed by atoms with Crippen LogP contribution in [0.15, 0.2) is 119 Å². The number of aliphatic carboxylic acids is 1. The minimum atomic E-state index is -4.11. The summed E-state index contributed by atoms with van der Waals surface area (Å²) in [6.07, 6.45) is 1.68. The topological polar surface area (TPSA) is 142 Å². The van der Waals surface area contributed by atoms with Crippen LogP contribution in [0.1, 0.15) is 16.1 Å². The number of para-hydroxylation sites is 2. The van der Waals surface area contributed by atoms with Crippen molar-refractivity contribution < 1.29 is 27.5 Å². The normalized spacial score (nSPS) is 12.4. The lowest BCUT2D eigenvalue weighted by atomic mass is 10.1. The molecule has 210 valence electrons. The van der Waals surface area contributed by atoms with Crippen molar-refractivity contribution in [2.75, 3.05) is 5.32 Å². The van der Waals surface area contributed by atoms with Crippen molar-refractivity contribution in [3.8, 4) is 11.1 Å². The zero-order valence-corrected chi connectivity index (χ0v) is 22.9. The minimum Gasteiger partial charge on any atom is -0.480 e. The summed E-state index contributed by atoms with van der Waals surface area (Å²) < 4.78 is 34.1. The van der Waals surface area contributed by atoms with Crippen LogP contribution in [0.2, 0.25) is 0 Å². The van der Waals surface area contributed by atoms with Gasteiger partial charge in [0.15, 0.2) is 5.76 Å². The fourth-order valence-electron chi connectivity index (χ4n) is 4.81. The van der Waals surface area contributed by atoms with Gasteiger partial charge < -0.3 is 19.8 Å². The van der Waals surface area contributed by atoms with E-state index in [0.29, 0.717) is 16.8 Å². The fourth-order valence-corrected chi connectivity index (χ4v) is 6.00. The lowest BCUT2D eigenvalue weighted by Gasteiger charge is -2.15. The lowest BCUT2D eigenvalue weighted by molar-refractivity contribution is -0.138. The summed E-state index contributed by atoms with van der Waals surface area (Å²) in [7, 11) is -4.11. The Morgan fingerprint density at radius 2 is 1.52 bits per heavy atom. The van der Waals surface area contributed by atoms with Gasteiger partial charge in [-0.3, -0.25) is 9.59 Å². The van der Waals surface area contributed by atoms with E-state index in [4.69, 9.17) is 4.42 Å². The van der Waals surface area contributed by atoms with Crippen LogP contribution >= 0.6 is 0 Å². The van der Waals surface area contributed by atoms with Gasteiger partial charge in [0.2, 0.25) is 10.0 Å². The van der Waals surface area contributed by atoms with Crippen LogP contribution in [0, 0.1) is 0 Å². The SMILES string of the molecule is O=C(Nc1ccc(-c2ccc(S(=O)(=O)N[C@@H](Cc3c[nH]c4ccccc34)C(=O)O)cc2)cc1)c1cc2ccccc2o1. The number of aromatic amines is 1. The molecule has 0 bridgehead atoms. The first kappa shape index (κ1) is 27.0. The first-order valence-corrected chi connectivity index (χ1v) is 14.6. The number of sulfonamides is 1. The second kappa shape index (κ2) is 11.0. The number of carbonyl (C=O) groups excluding carboxylic acids is 1. The molecule has 4 aromatic carbocycles. The van der Waals surface area contributed by atoms with Crippen LogP contribution in [0.5, 0.6) is 0 Å². The predicted molar refractivity (Wildman–Crippen MR) is 160 cm³/mol. The van der Waals surface area contributed by atoms with Gasteiger partial charge in [-0.05, 0) is 59.2 Å². The Kier molecular flexibility index (Phi) is 7.07. The van der Waals surface area contributed by atoms with Crippen LogP contribution in [-0.2, 0) is 21.2 Å². The molecule has 9 nitrogen and oxygen atoms in total. The molecule has 0 spiro atoms. The third-order valence-corrected chi connectivity index (χ3v) is 8.47. The van der Waals surface area contributed by atoms with Gasteiger partial charge in [-0.2, -0.15) is 4.72 Å². The molecule has 0 saturated heterocycles. The summed E-state index contributed by atoms with van der Waals surface area (Å²) in [6, 6.07) is 28.4. The number of hydrogen-bond donors (Lipinski definition) is 4. The van der Waals surface area contributed by atoms with Crippen LogP contribution in [0.25, 0.3) is 33.0 Å². The third kappa shape index (κ3) is 5.53. The molecule has 0 radical (unpaired) electrons. The lowest BCUT2D eigenvalue weighted by Crippen LogP contribution is -2.42. The van der Waals surface area contributed by atoms with Gasteiger partial charge in [-0.25, -0.2) is 8.42 Å². The van der Waals surface area contributed by atoms with Gasteiger partial charge in [0.05, 0.1) is 4.90 Å². The van der Waals surface area contributed by atoms with E-state index in [1.54, 1.807) is 54.7 Å². The molecule has 0 aliphatic carbocycles. The number of fused-ring (bicyclic) bond motifs is 2. The first-order chi connectivity index (χ1) is 20.3. The largest absolute Gasteiger partial charge is 0.480 e. The van der Waals surface area contributed by atoms with Gasteiger partial charge in [-0.15, -0.1) is 0 Å². The van der Waals surface area contributed by atoms with E-state index in [0.717, 1.165) is 27.4 Å². The number of benzene rings is 4. The number of nitrogens with one attached hydrogen (secondary N) is 3. The Morgan fingerprint density at radius 3 is 2.24 bits per heavy atom. The zero-order chi connectivity index (χ0) is 29.3. The first-order valence-electron chi connectivity index (χ1n) is 13.1. The van der Waals surface area contributed by atoms with Crippen molar-refractivity contribution in [1.29, 1.82) is 0 Å². The number of amides is 1. The van der Waals surface area contributed by atoms with Crippen molar-refractivity contribution in [3.63, 3.8) is 0 Å². The van der Waals surface area contributed by atoms with E-state index in [9.17, 15) is 23.1 Å². The molecule has 4 N–H and O–H groups in total. The van der Waals surface area contributed by atoms with Crippen molar-refractivity contribution in [1.82, 2.24) is 9.71 Å². The Hall–Kier alpha value is -5.19. The Morgan fingerprint density at radius 1 is 0.857 bits per heavy atom. The van der Waals surface area contributed by atoms with Gasteiger partial charge >= 0.3 is 5.97 Å². The summed E-state index contributed by atoms with van der Waals surface area (Å²) >= 11 is 0. The van der Waals surface area contributed by atoms with E-state index in [1.165, 1.54) is 12.1 Å². The van der Waals surface area contributed by atoms with Crippen molar-refractivity contribution in [2.45, 2.75) is 17.4 Å². The highest BCUT2D eigenvalue weighted by molar-refractivity contribution is 7.89. The number of carboxylic acids is 1. The molecule has 0 aliphatic heterocycles. The second-order valence-corrected chi connectivity index (χ2v) is 11.5. The van der Waals surface area contributed by atoms with E-state index >= 15 is 0 Å². The maximum atomic E-state index is 13.1. The number of rotatable bonds is 9. The maximum absolute atomic E-state index is 13.1. The number of H-pyrrole nitrogens is 1. The zero-order valence-electron chi connectivity index (χ0n) is 22.1. The molecule has 2 heterocycles. The molecular weight excluding hydrogens is 554 g/mol. The van der Waals surface area contributed by atoms with Gasteiger partial charge in [0.25, 0.3) is 5.91 Å². The Balaban J connectivity index is 1.13. The molecule has 1 amide bonds. The summed E-state index contributed by atoms with van der Waals surface area (Å²) in [5, 5.41) is 14.2. The molecule has 6 aromatic rings. The second-order valence-electron chi connectivity index (χ2n) is 9.78. The molecule has 10 heteroatoms. The highest BCUT2D eigenvalue weighted by atomic mass is 32.2. The molecule has 0 fully saturated rings. The third-order valence-electron chi connectivity index (χ3n) is 6.98. The summed E-state index contributed by atoms with van der Waals surface area (Å²) in [5.41, 5.74) is 4.30. The predicted octanol–water partition coefficient (Wildman–Crippen LogP) is 5.81. The molecule has 2 aromatic heterocycles. The fraction of sp³-hybridized carbons (Fsp3) is 0.0625. The average molecular weight is 580 g/mol. The van der Waals surface area contributed by atoms with Crippen LogP contribution in [0.4, 0.5) is 5.69 Å². The molecular formula is C32H25N3O6S. The molecule has 0 aliphatic rings. The van der Waals surface area contributed by atoms with E-state index < -0.39 is 22.0 Å². The monoisotopic (exact) mass is 579 g/mol. The minimum absolute atomic E-state index is 0.0180. The van der Waals surface area contributed by atoms with Gasteiger partial charge in [0.1, 0.15) is 11.6 Å². The van der Waals surface area contributed by atoms with Crippen molar-refractivity contribution in [3.05, 3.63) is 121 Å². The molecule has 0 unspecified atom stereocenters. The van der Waals surface area contributed by atoms with Crippen molar-refractivity contribution in [2.24, 2.45) is 0 Å². The van der Waals surface area contributed by atoms with Crippen LogP contribution in [-0.4, -0.2) is 36.4 Å². The highest BCUT2D eigenvalue weighted by Gasteiger charge is 2.26. The van der Waals surface area contributed by atoms with Crippen molar-refractivity contribution >= 4 is 49.5 Å². The number of hydrogen-bond acceptors (Lipinski definition) is 5. The quantitative estimate of drug-likeness (QED) is 0.170. The summed E-state index contributed by atoms with van der Waals surface area (Å²) in [4.78, 5) is 27.6. The van der Waals surface area contributed by atoms with Crippen LogP contribution in [0.3, 0.4) is 0 Å². The summed E-state index contributed by atoms with van der Waals surface area (Å²) in [5.74, 6) is -1.43. The number of anilines is 1. The molecule has 42 heavy (non-hydrogen) atoms. The number of carbonyl (C=O) groups is 2. The van der Waals surface area contributed by atoms with Gasteiger partial charge in [-0.1, -0.05) is 60.7 Å².